The van der Waals surface area contributed by atoms with E-state index in [2.05, 4.69) is 21.7 Å². The molecule has 4 rings (SSSR count). The molecule has 1 fully saturated rings. The van der Waals surface area contributed by atoms with Crippen LogP contribution in [0.15, 0.2) is 29.0 Å². The van der Waals surface area contributed by atoms with Crippen molar-refractivity contribution in [3.63, 3.8) is 0 Å². The first-order valence-electron chi connectivity index (χ1n) is 9.43. The number of nitrogens with two attached hydrogens (primary N) is 1. The average Bonchev–Trinajstić information content (AvgIpc) is 3.35. The minimum atomic E-state index is -0.719. The minimum absolute atomic E-state index is 0.163. The van der Waals surface area contributed by atoms with Crippen LogP contribution in [0, 0.1) is 0 Å². The van der Waals surface area contributed by atoms with E-state index in [-0.39, 0.29) is 6.04 Å². The van der Waals surface area contributed by atoms with Crippen LogP contribution >= 0.6 is 45.9 Å². The summed E-state index contributed by atoms with van der Waals surface area (Å²) in [6, 6.07) is 5.81. The third kappa shape index (κ3) is 6.56. The molecular formula is C20H26Cl2FN3S2. The molecule has 8 heteroatoms. The second-order valence-corrected chi connectivity index (χ2v) is 8.86. The second kappa shape index (κ2) is 11.9. The van der Waals surface area contributed by atoms with Crippen LogP contribution < -0.4 is 11.1 Å². The predicted molar refractivity (Wildman–Crippen MR) is 124 cm³/mol. The number of rotatable bonds is 3. The summed E-state index contributed by atoms with van der Waals surface area (Å²) in [5, 5.41) is 8.43. The second-order valence-electron chi connectivity index (χ2n) is 6.15. The van der Waals surface area contributed by atoms with Gasteiger partial charge in [-0.05, 0) is 24.3 Å². The summed E-state index contributed by atoms with van der Waals surface area (Å²) in [6.07, 6.45) is 2.97. The monoisotopic (exact) mass is 461 g/mol. The SMILES string of the molecule is CC.Clc1cc(NCc2cccs2)c2scc(Cl)c2n1.NC1CCCCC1F. The maximum absolute atomic E-state index is 12.5. The van der Waals surface area contributed by atoms with Crippen molar-refractivity contribution in [2.45, 2.75) is 58.3 Å². The van der Waals surface area contributed by atoms with Crippen molar-refractivity contribution in [1.82, 2.24) is 4.98 Å². The smallest absolute Gasteiger partial charge is 0.131 e. The molecule has 28 heavy (non-hydrogen) atoms. The highest BCUT2D eigenvalue weighted by Crippen LogP contribution is 2.35. The minimum Gasteiger partial charge on any atom is -0.379 e. The summed E-state index contributed by atoms with van der Waals surface area (Å²) >= 11 is 15.4. The quantitative estimate of drug-likeness (QED) is 0.396. The first-order valence-corrected chi connectivity index (χ1v) is 11.9. The molecule has 1 saturated carbocycles. The molecule has 0 amide bonds. The molecule has 3 nitrogen and oxygen atoms in total. The number of pyridine rings is 1. The molecule has 0 bridgehead atoms. The van der Waals surface area contributed by atoms with E-state index in [0.29, 0.717) is 16.6 Å². The van der Waals surface area contributed by atoms with Gasteiger partial charge in [0.05, 0.1) is 15.4 Å². The van der Waals surface area contributed by atoms with E-state index >= 15 is 0 Å². The Labute approximate surface area is 184 Å². The summed E-state index contributed by atoms with van der Waals surface area (Å²) in [6.45, 7) is 4.78. The molecule has 3 aromatic heterocycles. The average molecular weight is 462 g/mol. The van der Waals surface area contributed by atoms with E-state index in [4.69, 9.17) is 28.9 Å². The number of halogens is 3. The lowest BCUT2D eigenvalue weighted by molar-refractivity contribution is 0.218. The number of hydrogen-bond acceptors (Lipinski definition) is 5. The lowest BCUT2D eigenvalue weighted by Crippen LogP contribution is -2.34. The summed E-state index contributed by atoms with van der Waals surface area (Å²) in [4.78, 5) is 5.52. The maximum atomic E-state index is 12.5. The molecule has 0 aliphatic heterocycles. The fourth-order valence-electron chi connectivity index (χ4n) is 2.79. The number of anilines is 1. The molecule has 0 aromatic carbocycles. The summed E-state index contributed by atoms with van der Waals surface area (Å²) < 4.78 is 13.5. The molecule has 0 saturated heterocycles. The van der Waals surface area contributed by atoms with Crippen molar-refractivity contribution in [2.24, 2.45) is 5.73 Å². The number of aromatic nitrogens is 1. The van der Waals surface area contributed by atoms with Gasteiger partial charge in [-0.25, -0.2) is 9.37 Å². The Morgan fingerprint density at radius 1 is 1.25 bits per heavy atom. The molecule has 3 aromatic rings. The Hall–Kier alpha value is -0.920. The van der Waals surface area contributed by atoms with Crippen LogP contribution in [0.3, 0.4) is 0 Å². The van der Waals surface area contributed by atoms with Crippen LogP contribution in [-0.4, -0.2) is 17.2 Å². The van der Waals surface area contributed by atoms with Crippen LogP contribution in [-0.2, 0) is 6.54 Å². The van der Waals surface area contributed by atoms with Crippen molar-refractivity contribution in [3.05, 3.63) is 44.0 Å². The maximum Gasteiger partial charge on any atom is 0.131 e. The van der Waals surface area contributed by atoms with Gasteiger partial charge in [0.15, 0.2) is 0 Å². The molecule has 0 radical (unpaired) electrons. The normalized spacial score (nSPS) is 18.6. The van der Waals surface area contributed by atoms with Gasteiger partial charge in [-0.1, -0.05) is 56.0 Å². The van der Waals surface area contributed by atoms with Crippen molar-refractivity contribution in [1.29, 1.82) is 0 Å². The number of thiophene rings is 2. The number of nitrogens with zero attached hydrogens (tertiary/aromatic N) is 1. The highest BCUT2D eigenvalue weighted by Gasteiger charge is 2.19. The van der Waals surface area contributed by atoms with E-state index in [1.165, 1.54) is 4.88 Å². The molecule has 3 N–H and O–H groups in total. The summed E-state index contributed by atoms with van der Waals surface area (Å²) in [7, 11) is 0. The van der Waals surface area contributed by atoms with Gasteiger partial charge in [0.2, 0.25) is 0 Å². The Kier molecular flexibility index (Phi) is 9.95. The van der Waals surface area contributed by atoms with E-state index in [1.807, 2.05) is 31.4 Å². The largest absolute Gasteiger partial charge is 0.379 e. The number of fused-ring (bicyclic) bond motifs is 1. The molecule has 2 atom stereocenters. The van der Waals surface area contributed by atoms with Crippen LogP contribution in [0.2, 0.25) is 10.2 Å². The first kappa shape index (κ1) is 23.4. The zero-order valence-electron chi connectivity index (χ0n) is 16.1. The van der Waals surface area contributed by atoms with Crippen LogP contribution in [0.1, 0.15) is 44.4 Å². The van der Waals surface area contributed by atoms with Crippen molar-refractivity contribution in [2.75, 3.05) is 5.32 Å². The Bertz CT molecular complexity index is 829. The highest BCUT2D eigenvalue weighted by atomic mass is 35.5. The molecule has 2 unspecified atom stereocenters. The van der Waals surface area contributed by atoms with Crippen LogP contribution in [0.5, 0.6) is 0 Å². The molecule has 154 valence electrons. The van der Waals surface area contributed by atoms with Gasteiger partial charge >= 0.3 is 0 Å². The summed E-state index contributed by atoms with van der Waals surface area (Å²) in [5.74, 6) is 0. The van der Waals surface area contributed by atoms with Crippen LogP contribution in [0.25, 0.3) is 10.2 Å². The van der Waals surface area contributed by atoms with Gasteiger partial charge in [-0.3, -0.25) is 0 Å². The van der Waals surface area contributed by atoms with Gasteiger partial charge in [-0.2, -0.15) is 0 Å². The molecular weight excluding hydrogens is 436 g/mol. The van der Waals surface area contributed by atoms with Gasteiger partial charge in [0, 0.05) is 28.9 Å². The third-order valence-corrected chi connectivity index (χ3v) is 6.70. The van der Waals surface area contributed by atoms with Crippen LogP contribution in [0.4, 0.5) is 10.1 Å². The fraction of sp³-hybridized carbons (Fsp3) is 0.450. The molecule has 1 aliphatic rings. The standard InChI is InChI=1S/C12H8Cl2N2S2.C6H12FN.C2H6/c13-8-6-18-12-9(4-10(14)16-11(8)12)15-5-7-2-1-3-17-7;7-5-3-1-2-4-6(5)8;1-2/h1-4,6H,5H2,(H,15,16);5-6H,1-4,8H2;1-2H3. The first-order chi connectivity index (χ1) is 13.5. The third-order valence-electron chi connectivity index (χ3n) is 4.21. The van der Waals surface area contributed by atoms with Crippen molar-refractivity contribution < 1.29 is 4.39 Å². The number of hydrogen-bond donors (Lipinski definition) is 2. The van der Waals surface area contributed by atoms with Gasteiger partial charge in [0.25, 0.3) is 0 Å². The lowest BCUT2D eigenvalue weighted by Gasteiger charge is -2.21. The van der Waals surface area contributed by atoms with E-state index in [9.17, 15) is 4.39 Å². The van der Waals surface area contributed by atoms with Crippen molar-refractivity contribution in [3.8, 4) is 0 Å². The summed E-state index contributed by atoms with van der Waals surface area (Å²) in [5.41, 5.74) is 7.15. The van der Waals surface area contributed by atoms with Gasteiger partial charge in [0.1, 0.15) is 16.8 Å². The van der Waals surface area contributed by atoms with E-state index < -0.39 is 6.17 Å². The zero-order valence-corrected chi connectivity index (χ0v) is 19.2. The van der Waals surface area contributed by atoms with Gasteiger partial charge < -0.3 is 11.1 Å². The van der Waals surface area contributed by atoms with E-state index in [1.54, 1.807) is 22.7 Å². The van der Waals surface area contributed by atoms with E-state index in [0.717, 1.165) is 41.7 Å². The number of alkyl halides is 1. The molecule has 3 heterocycles. The molecule has 1 aliphatic carbocycles. The van der Waals surface area contributed by atoms with Gasteiger partial charge in [-0.15, -0.1) is 22.7 Å². The Morgan fingerprint density at radius 2 is 2.00 bits per heavy atom. The highest BCUT2D eigenvalue weighted by molar-refractivity contribution is 7.18. The lowest BCUT2D eigenvalue weighted by atomic mass is 9.95. The Balaban J connectivity index is 0.000000236. The Morgan fingerprint density at radius 3 is 2.61 bits per heavy atom. The predicted octanol–water partition coefficient (Wildman–Crippen LogP) is 7.53. The fourth-order valence-corrected chi connectivity index (χ4v) is 4.81. The zero-order chi connectivity index (χ0) is 20.5. The van der Waals surface area contributed by atoms with Crippen molar-refractivity contribution >= 4 is 61.8 Å². The topological polar surface area (TPSA) is 50.9 Å². The molecule has 0 spiro atoms. The number of nitrogens with one attached hydrogen (secondary N) is 1.